The fraction of sp³-hybridized carbons (Fsp3) is 0.421. The zero-order valence-electron chi connectivity index (χ0n) is 17.5. The largest absolute Gasteiger partial charge is 0.491 e. The molecule has 0 bridgehead atoms. The van der Waals surface area contributed by atoms with Crippen LogP contribution < -0.4 is 10.5 Å². The molecule has 4 rings (SSSR count). The SMILES string of the molecule is Nc1ncnc2c1nc(SCC(O)COc1cccc([N+](=O)[O-])c1)n2[C@@H]1O[C@H](CO)[C@@H](O)[C@H]1O. The molecule has 3 aromatic rings. The molecule has 0 aliphatic carbocycles. The number of anilines is 1. The highest BCUT2D eigenvalue weighted by Crippen LogP contribution is 2.36. The molecule has 5 atom stereocenters. The van der Waals surface area contributed by atoms with Crippen LogP contribution in [0.15, 0.2) is 35.7 Å². The summed E-state index contributed by atoms with van der Waals surface area (Å²) in [7, 11) is 0. The van der Waals surface area contributed by atoms with Gasteiger partial charge in [-0.05, 0) is 6.07 Å². The van der Waals surface area contributed by atoms with Crippen molar-refractivity contribution >= 4 is 34.4 Å². The monoisotopic (exact) mass is 494 g/mol. The van der Waals surface area contributed by atoms with Gasteiger partial charge in [-0.25, -0.2) is 15.0 Å². The summed E-state index contributed by atoms with van der Waals surface area (Å²) < 4.78 is 12.5. The third kappa shape index (κ3) is 4.75. The Labute approximate surface area is 196 Å². The Balaban J connectivity index is 1.51. The molecule has 34 heavy (non-hydrogen) atoms. The second kappa shape index (κ2) is 10.0. The highest BCUT2D eigenvalue weighted by molar-refractivity contribution is 7.99. The molecule has 15 heteroatoms. The van der Waals surface area contributed by atoms with Crippen LogP contribution in [0.1, 0.15) is 6.23 Å². The van der Waals surface area contributed by atoms with Crippen molar-refractivity contribution in [2.75, 3.05) is 24.7 Å². The maximum Gasteiger partial charge on any atom is 0.273 e. The van der Waals surface area contributed by atoms with Crippen molar-refractivity contribution in [2.45, 2.75) is 35.8 Å². The molecule has 2 aromatic heterocycles. The molecule has 182 valence electrons. The third-order valence-electron chi connectivity index (χ3n) is 5.12. The molecule has 14 nitrogen and oxygen atoms in total. The number of hydrogen-bond acceptors (Lipinski definition) is 13. The van der Waals surface area contributed by atoms with E-state index in [1.54, 1.807) is 0 Å². The summed E-state index contributed by atoms with van der Waals surface area (Å²) in [5, 5.41) is 51.6. The van der Waals surface area contributed by atoms with E-state index in [0.717, 1.165) is 11.8 Å². The lowest BCUT2D eigenvalue weighted by atomic mass is 10.1. The predicted molar refractivity (Wildman–Crippen MR) is 118 cm³/mol. The van der Waals surface area contributed by atoms with Crippen molar-refractivity contribution in [3.8, 4) is 5.75 Å². The Kier molecular flexibility index (Phi) is 7.11. The van der Waals surface area contributed by atoms with Gasteiger partial charge in [0, 0.05) is 11.8 Å². The van der Waals surface area contributed by atoms with Gasteiger partial charge in [0.15, 0.2) is 28.4 Å². The molecular formula is C19H22N6O8S. The number of benzene rings is 1. The van der Waals surface area contributed by atoms with Crippen LogP contribution in [-0.2, 0) is 4.74 Å². The number of nitrogens with zero attached hydrogens (tertiary/aromatic N) is 5. The molecular weight excluding hydrogens is 472 g/mol. The summed E-state index contributed by atoms with van der Waals surface area (Å²) in [5.74, 6) is 0.410. The van der Waals surface area contributed by atoms with Crippen LogP contribution in [0.2, 0.25) is 0 Å². The standard InChI is InChI=1S/C19H22N6O8S/c20-16-13-17(22-8-21-16)24(18-15(29)14(28)12(5-26)33-18)19(23-13)34-7-10(27)6-32-11-3-1-2-9(4-11)25(30)31/h1-4,8,10,12,14-15,18,26-29H,5-7H2,(H2,20,21,22)/t10?,12-,14-,15-,18-/m1/s1. The van der Waals surface area contributed by atoms with Crippen molar-refractivity contribution in [3.05, 3.63) is 40.7 Å². The van der Waals surface area contributed by atoms with Crippen LogP contribution in [0.25, 0.3) is 11.2 Å². The van der Waals surface area contributed by atoms with Gasteiger partial charge in [0.2, 0.25) is 0 Å². The highest BCUT2D eigenvalue weighted by Gasteiger charge is 2.45. The first kappa shape index (κ1) is 24.1. The number of non-ortho nitro benzene ring substituents is 1. The van der Waals surface area contributed by atoms with Gasteiger partial charge < -0.3 is 35.6 Å². The molecule has 6 N–H and O–H groups in total. The number of nitrogen functional groups attached to an aromatic ring is 1. The second-order valence-electron chi connectivity index (χ2n) is 7.45. The molecule has 1 aliphatic rings. The van der Waals surface area contributed by atoms with Crippen molar-refractivity contribution in [1.82, 2.24) is 19.5 Å². The Bertz CT molecular complexity index is 1180. The number of hydrogen-bond donors (Lipinski definition) is 5. The van der Waals surface area contributed by atoms with Crippen molar-refractivity contribution in [3.63, 3.8) is 0 Å². The number of thioether (sulfide) groups is 1. The minimum absolute atomic E-state index is 0.0837. The van der Waals surface area contributed by atoms with Gasteiger partial charge in [0.05, 0.1) is 23.7 Å². The van der Waals surface area contributed by atoms with Gasteiger partial charge in [0.25, 0.3) is 5.69 Å². The first-order valence-corrected chi connectivity index (χ1v) is 11.1. The Hall–Kier alpha value is -3.08. The molecule has 1 unspecified atom stereocenters. The highest BCUT2D eigenvalue weighted by atomic mass is 32.2. The van der Waals surface area contributed by atoms with Gasteiger partial charge in [-0.2, -0.15) is 0 Å². The van der Waals surface area contributed by atoms with Gasteiger partial charge in [-0.3, -0.25) is 14.7 Å². The average Bonchev–Trinajstić information content (AvgIpc) is 3.34. The molecule has 1 aliphatic heterocycles. The Morgan fingerprint density at radius 2 is 2.12 bits per heavy atom. The minimum atomic E-state index is -1.38. The fourth-order valence-corrected chi connectivity index (χ4v) is 4.35. The number of aromatic nitrogens is 4. The van der Waals surface area contributed by atoms with Crippen molar-refractivity contribution in [2.24, 2.45) is 0 Å². The number of ether oxygens (including phenoxy) is 2. The van der Waals surface area contributed by atoms with E-state index in [1.807, 2.05) is 0 Å². The Morgan fingerprint density at radius 1 is 1.32 bits per heavy atom. The quantitative estimate of drug-likeness (QED) is 0.144. The zero-order valence-corrected chi connectivity index (χ0v) is 18.4. The van der Waals surface area contributed by atoms with Crippen LogP contribution in [0.5, 0.6) is 5.75 Å². The first-order valence-electron chi connectivity index (χ1n) is 10.1. The van der Waals surface area contributed by atoms with E-state index in [1.165, 1.54) is 35.2 Å². The first-order chi connectivity index (χ1) is 16.3. The van der Waals surface area contributed by atoms with Crippen molar-refractivity contribution in [1.29, 1.82) is 0 Å². The maximum atomic E-state index is 10.9. The van der Waals surface area contributed by atoms with Crippen LogP contribution in [0.4, 0.5) is 11.5 Å². The summed E-state index contributed by atoms with van der Waals surface area (Å²) in [5.41, 5.74) is 6.26. The number of aliphatic hydroxyl groups is 4. The van der Waals surface area contributed by atoms with E-state index in [4.69, 9.17) is 15.2 Å². The lowest BCUT2D eigenvalue weighted by molar-refractivity contribution is -0.384. The normalized spacial score (nSPS) is 23.3. The molecule has 0 radical (unpaired) electrons. The van der Waals surface area contributed by atoms with E-state index in [-0.39, 0.29) is 45.9 Å². The number of nitro benzene ring substituents is 1. The van der Waals surface area contributed by atoms with Crippen molar-refractivity contribution < 1.29 is 34.8 Å². The second-order valence-corrected chi connectivity index (χ2v) is 8.44. The van der Waals surface area contributed by atoms with Crippen LogP contribution in [0, 0.1) is 10.1 Å². The number of fused-ring (bicyclic) bond motifs is 1. The van der Waals surface area contributed by atoms with E-state index in [9.17, 15) is 30.5 Å². The predicted octanol–water partition coefficient (Wildman–Crippen LogP) is -0.540. The lowest BCUT2D eigenvalue weighted by Gasteiger charge is -2.19. The van der Waals surface area contributed by atoms with Crippen LogP contribution in [0.3, 0.4) is 0 Å². The molecule has 3 heterocycles. The maximum absolute atomic E-state index is 10.9. The fourth-order valence-electron chi connectivity index (χ4n) is 3.43. The minimum Gasteiger partial charge on any atom is -0.491 e. The molecule has 0 saturated carbocycles. The molecule has 1 fully saturated rings. The lowest BCUT2D eigenvalue weighted by Crippen LogP contribution is -2.33. The van der Waals surface area contributed by atoms with Gasteiger partial charge in [-0.15, -0.1) is 0 Å². The van der Waals surface area contributed by atoms with Crippen LogP contribution >= 0.6 is 11.8 Å². The topological polar surface area (TPSA) is 212 Å². The molecule has 1 saturated heterocycles. The third-order valence-corrected chi connectivity index (χ3v) is 6.22. The van der Waals surface area contributed by atoms with Gasteiger partial charge in [0.1, 0.15) is 37.0 Å². The summed E-state index contributed by atoms with van der Waals surface area (Å²) >= 11 is 1.09. The van der Waals surface area contributed by atoms with E-state index < -0.39 is 42.2 Å². The average molecular weight is 494 g/mol. The van der Waals surface area contributed by atoms with Gasteiger partial charge >= 0.3 is 0 Å². The number of imidazole rings is 1. The summed E-state index contributed by atoms with van der Waals surface area (Å²) in [6.45, 7) is -0.654. The smallest absolute Gasteiger partial charge is 0.273 e. The van der Waals surface area contributed by atoms with E-state index in [0.29, 0.717) is 0 Å². The summed E-state index contributed by atoms with van der Waals surface area (Å²) in [6, 6.07) is 5.59. The molecule has 0 amide bonds. The van der Waals surface area contributed by atoms with Gasteiger partial charge in [-0.1, -0.05) is 17.8 Å². The summed E-state index contributed by atoms with van der Waals surface area (Å²) in [6.07, 6.45) is -4.62. The zero-order chi connectivity index (χ0) is 24.4. The number of nitro groups is 1. The number of aliphatic hydroxyl groups excluding tert-OH is 4. The van der Waals surface area contributed by atoms with E-state index >= 15 is 0 Å². The van der Waals surface area contributed by atoms with E-state index in [2.05, 4.69) is 15.0 Å². The number of nitrogens with two attached hydrogens (primary N) is 1. The molecule has 1 aromatic carbocycles. The summed E-state index contributed by atoms with van der Waals surface area (Å²) in [4.78, 5) is 22.8. The molecule has 0 spiro atoms. The number of rotatable bonds is 9. The Morgan fingerprint density at radius 3 is 2.82 bits per heavy atom. The van der Waals surface area contributed by atoms with Crippen LogP contribution in [-0.4, -0.2) is 88.3 Å².